The number of aryl methyl sites for hydroxylation is 1. The van der Waals surface area contributed by atoms with Gasteiger partial charge in [0.2, 0.25) is 0 Å². The summed E-state index contributed by atoms with van der Waals surface area (Å²) in [4.78, 5) is 12.1. The summed E-state index contributed by atoms with van der Waals surface area (Å²) in [7, 11) is 4.22. The first-order valence-electron chi connectivity index (χ1n) is 7.35. The van der Waals surface area contributed by atoms with Crippen molar-refractivity contribution in [2.45, 2.75) is 57.5 Å². The highest BCUT2D eigenvalue weighted by molar-refractivity contribution is 5.45. The van der Waals surface area contributed by atoms with E-state index in [1.54, 1.807) is 0 Å². The van der Waals surface area contributed by atoms with E-state index >= 15 is 0 Å². The summed E-state index contributed by atoms with van der Waals surface area (Å²) >= 11 is 0. The second kappa shape index (κ2) is 4.75. The molecule has 0 aromatic carbocycles. The number of nitrogens with one attached hydrogen (secondary N) is 1. The van der Waals surface area contributed by atoms with Gasteiger partial charge in [0.05, 0.1) is 0 Å². The second-order valence-electron chi connectivity index (χ2n) is 6.11. The Morgan fingerprint density at radius 3 is 2.32 bits per heavy atom. The van der Waals surface area contributed by atoms with Crippen molar-refractivity contribution in [2.24, 2.45) is 0 Å². The molecule has 2 aliphatic rings. The fourth-order valence-corrected chi connectivity index (χ4v) is 3.70. The monoisotopic (exact) mass is 260 g/mol. The molecule has 104 valence electrons. The molecular formula is C15H24N4. The van der Waals surface area contributed by atoms with Crippen LogP contribution in [0.15, 0.2) is 0 Å². The minimum atomic E-state index is 0.542. The lowest BCUT2D eigenvalue weighted by Crippen LogP contribution is -2.39. The van der Waals surface area contributed by atoms with Crippen LogP contribution in [0.1, 0.15) is 48.7 Å². The largest absolute Gasteiger partial charge is 0.373 e. The van der Waals surface area contributed by atoms with Crippen molar-refractivity contribution < 1.29 is 0 Å². The van der Waals surface area contributed by atoms with Crippen LogP contribution in [0.5, 0.6) is 0 Å². The molecule has 2 aliphatic heterocycles. The lowest BCUT2D eigenvalue weighted by molar-refractivity contribution is 0.159. The van der Waals surface area contributed by atoms with Gasteiger partial charge in [-0.3, -0.25) is 0 Å². The van der Waals surface area contributed by atoms with Crippen LogP contribution in [0.4, 0.5) is 5.82 Å². The molecule has 1 aromatic rings. The van der Waals surface area contributed by atoms with E-state index in [2.05, 4.69) is 31.1 Å². The average molecular weight is 260 g/mol. The maximum absolute atomic E-state index is 4.76. The Bertz CT molecular complexity index is 471. The number of hydrogen-bond acceptors (Lipinski definition) is 4. The molecule has 0 radical (unpaired) electrons. The summed E-state index contributed by atoms with van der Waals surface area (Å²) < 4.78 is 0. The van der Waals surface area contributed by atoms with Gasteiger partial charge in [-0.25, -0.2) is 9.97 Å². The van der Waals surface area contributed by atoms with E-state index in [0.29, 0.717) is 5.92 Å². The predicted molar refractivity (Wildman–Crippen MR) is 77.6 cm³/mol. The third-order valence-corrected chi connectivity index (χ3v) is 5.11. The molecule has 1 aromatic heterocycles. The number of hydrogen-bond donors (Lipinski definition) is 1. The summed E-state index contributed by atoms with van der Waals surface area (Å²) in [6.45, 7) is 4.17. The highest BCUT2D eigenvalue weighted by Crippen LogP contribution is 2.41. The van der Waals surface area contributed by atoms with Crippen LogP contribution in [-0.4, -0.2) is 41.0 Å². The van der Waals surface area contributed by atoms with Crippen LogP contribution < -0.4 is 5.32 Å². The fraction of sp³-hybridized carbons (Fsp3) is 0.733. The van der Waals surface area contributed by atoms with E-state index in [4.69, 9.17) is 9.97 Å². The van der Waals surface area contributed by atoms with Crippen molar-refractivity contribution in [2.75, 3.05) is 19.4 Å². The van der Waals surface area contributed by atoms with Gasteiger partial charge in [-0.15, -0.1) is 0 Å². The zero-order valence-corrected chi connectivity index (χ0v) is 12.4. The Morgan fingerprint density at radius 2 is 1.74 bits per heavy atom. The average Bonchev–Trinajstić information content (AvgIpc) is 2.64. The molecule has 0 saturated carbocycles. The van der Waals surface area contributed by atoms with Gasteiger partial charge in [0.1, 0.15) is 11.6 Å². The van der Waals surface area contributed by atoms with E-state index in [1.807, 2.05) is 7.05 Å². The van der Waals surface area contributed by atoms with E-state index < -0.39 is 0 Å². The molecule has 19 heavy (non-hydrogen) atoms. The van der Waals surface area contributed by atoms with Crippen molar-refractivity contribution in [3.05, 3.63) is 17.1 Å². The molecule has 2 fully saturated rings. The maximum atomic E-state index is 4.76. The summed E-state index contributed by atoms with van der Waals surface area (Å²) in [6.07, 6.45) is 5.14. The van der Waals surface area contributed by atoms with Gasteiger partial charge in [-0.05, 0) is 46.6 Å². The highest BCUT2D eigenvalue weighted by Gasteiger charge is 2.39. The predicted octanol–water partition coefficient (Wildman–Crippen LogP) is 2.48. The van der Waals surface area contributed by atoms with E-state index in [1.165, 1.54) is 31.2 Å². The number of aromatic nitrogens is 2. The zero-order valence-electron chi connectivity index (χ0n) is 12.4. The molecule has 0 amide bonds. The topological polar surface area (TPSA) is 41.1 Å². The number of rotatable bonds is 2. The first-order chi connectivity index (χ1) is 9.10. The smallest absolute Gasteiger partial charge is 0.134 e. The molecule has 3 rings (SSSR count). The van der Waals surface area contributed by atoms with Crippen LogP contribution in [0.3, 0.4) is 0 Å². The number of piperidine rings is 1. The Hall–Kier alpha value is -1.16. The number of fused-ring (bicyclic) bond motifs is 2. The first kappa shape index (κ1) is 12.9. The van der Waals surface area contributed by atoms with Gasteiger partial charge in [0, 0.05) is 36.3 Å². The molecule has 2 unspecified atom stereocenters. The van der Waals surface area contributed by atoms with Crippen molar-refractivity contribution >= 4 is 5.82 Å². The minimum Gasteiger partial charge on any atom is -0.373 e. The van der Waals surface area contributed by atoms with Gasteiger partial charge in [-0.1, -0.05) is 0 Å². The van der Waals surface area contributed by atoms with Crippen molar-refractivity contribution in [1.82, 2.24) is 14.9 Å². The molecule has 2 atom stereocenters. The Labute approximate surface area is 115 Å². The van der Waals surface area contributed by atoms with Crippen LogP contribution in [0.2, 0.25) is 0 Å². The minimum absolute atomic E-state index is 0.542. The summed E-state index contributed by atoms with van der Waals surface area (Å²) in [5, 5.41) is 3.20. The van der Waals surface area contributed by atoms with Crippen molar-refractivity contribution in [3.63, 3.8) is 0 Å². The standard InChI is InChI=1S/C15H24N4/c1-9-10(2)17-15(18-14(9)16-3)11-7-12-5-6-13(8-11)19(12)4/h11-13H,5-8H2,1-4H3,(H,16,17,18). The molecule has 2 saturated heterocycles. The van der Waals surface area contributed by atoms with E-state index in [9.17, 15) is 0 Å². The summed E-state index contributed by atoms with van der Waals surface area (Å²) in [6, 6.07) is 1.49. The Kier molecular flexibility index (Phi) is 3.21. The zero-order chi connectivity index (χ0) is 13.6. The molecule has 4 nitrogen and oxygen atoms in total. The van der Waals surface area contributed by atoms with Crippen LogP contribution >= 0.6 is 0 Å². The van der Waals surface area contributed by atoms with Crippen LogP contribution in [0, 0.1) is 13.8 Å². The number of nitrogens with zero attached hydrogens (tertiary/aromatic N) is 3. The maximum Gasteiger partial charge on any atom is 0.134 e. The Balaban J connectivity index is 1.89. The van der Waals surface area contributed by atoms with Gasteiger partial charge in [-0.2, -0.15) is 0 Å². The molecule has 4 heteroatoms. The Morgan fingerprint density at radius 1 is 1.11 bits per heavy atom. The lowest BCUT2D eigenvalue weighted by atomic mass is 9.90. The number of anilines is 1. The molecule has 0 aliphatic carbocycles. The van der Waals surface area contributed by atoms with Gasteiger partial charge in [0.25, 0.3) is 0 Å². The lowest BCUT2D eigenvalue weighted by Gasteiger charge is -2.35. The molecule has 2 bridgehead atoms. The fourth-order valence-electron chi connectivity index (χ4n) is 3.70. The van der Waals surface area contributed by atoms with Crippen molar-refractivity contribution in [3.8, 4) is 0 Å². The van der Waals surface area contributed by atoms with E-state index in [-0.39, 0.29) is 0 Å². The van der Waals surface area contributed by atoms with Gasteiger partial charge < -0.3 is 10.2 Å². The highest BCUT2D eigenvalue weighted by atomic mass is 15.2. The second-order valence-corrected chi connectivity index (χ2v) is 6.11. The van der Waals surface area contributed by atoms with E-state index in [0.717, 1.165) is 29.4 Å². The summed E-state index contributed by atoms with van der Waals surface area (Å²) in [5.41, 5.74) is 2.28. The molecule has 0 spiro atoms. The molecule has 1 N–H and O–H groups in total. The quantitative estimate of drug-likeness (QED) is 0.887. The normalized spacial score (nSPS) is 30.6. The first-order valence-corrected chi connectivity index (χ1v) is 7.35. The third kappa shape index (κ3) is 2.12. The van der Waals surface area contributed by atoms with Crippen LogP contribution in [0.25, 0.3) is 0 Å². The third-order valence-electron chi connectivity index (χ3n) is 5.11. The van der Waals surface area contributed by atoms with Gasteiger partial charge >= 0.3 is 0 Å². The SMILES string of the molecule is CNc1nc(C2CC3CCC(C2)N3C)nc(C)c1C. The molecule has 3 heterocycles. The van der Waals surface area contributed by atoms with Crippen LogP contribution in [-0.2, 0) is 0 Å². The summed E-state index contributed by atoms with van der Waals surface area (Å²) in [5.74, 6) is 2.59. The van der Waals surface area contributed by atoms with Crippen molar-refractivity contribution in [1.29, 1.82) is 0 Å². The molecular weight excluding hydrogens is 236 g/mol. The van der Waals surface area contributed by atoms with Gasteiger partial charge in [0.15, 0.2) is 0 Å².